The summed E-state index contributed by atoms with van der Waals surface area (Å²) in [5.41, 5.74) is 3.83. The second-order valence-corrected chi connectivity index (χ2v) is 9.35. The van der Waals surface area contributed by atoms with Gasteiger partial charge in [0, 0.05) is 5.56 Å². The molecule has 0 amide bonds. The van der Waals surface area contributed by atoms with Crippen LogP contribution < -0.4 is 0 Å². The SMILES string of the molecule is C=CCCc1ccc(C#Cc2ccc(C3CCC4CC(C=C)CCC4C3)cc2)c(F)c1. The highest BCUT2D eigenvalue weighted by Crippen LogP contribution is 2.47. The molecule has 4 atom stereocenters. The van der Waals surface area contributed by atoms with Crippen molar-refractivity contribution in [3.63, 3.8) is 0 Å². The van der Waals surface area contributed by atoms with Crippen LogP contribution in [0.1, 0.15) is 73.1 Å². The Morgan fingerprint density at radius 2 is 1.68 bits per heavy atom. The first-order valence-corrected chi connectivity index (χ1v) is 11.8. The highest BCUT2D eigenvalue weighted by atomic mass is 19.1. The molecule has 0 saturated heterocycles. The highest BCUT2D eigenvalue weighted by Gasteiger charge is 2.35. The van der Waals surface area contributed by atoms with Gasteiger partial charge in [0.25, 0.3) is 0 Å². The smallest absolute Gasteiger partial charge is 0.139 e. The first-order chi connectivity index (χ1) is 15.2. The standard InChI is InChI=1S/C30H33F/c1-3-5-6-24-11-15-26(30(31)20-24)14-10-23-8-12-25(13-9-23)28-18-17-27-19-22(4-2)7-16-29(27)21-28/h3-4,8-9,11-13,15,20,22,27-29H,1-2,5-7,16-19,21H2. The van der Waals surface area contributed by atoms with E-state index in [0.29, 0.717) is 11.5 Å². The van der Waals surface area contributed by atoms with E-state index in [1.807, 2.05) is 12.1 Å². The maximum Gasteiger partial charge on any atom is 0.139 e. The molecule has 0 spiro atoms. The van der Waals surface area contributed by atoms with Crippen molar-refractivity contribution in [2.75, 3.05) is 0 Å². The first-order valence-electron chi connectivity index (χ1n) is 11.8. The fraction of sp³-hybridized carbons (Fsp3) is 0.400. The van der Waals surface area contributed by atoms with Gasteiger partial charge in [0.05, 0.1) is 5.56 Å². The van der Waals surface area contributed by atoms with Gasteiger partial charge < -0.3 is 0 Å². The van der Waals surface area contributed by atoms with Gasteiger partial charge in [0.2, 0.25) is 0 Å². The van der Waals surface area contributed by atoms with Crippen molar-refractivity contribution in [1.82, 2.24) is 0 Å². The second-order valence-electron chi connectivity index (χ2n) is 9.35. The van der Waals surface area contributed by atoms with Gasteiger partial charge in [-0.3, -0.25) is 0 Å². The van der Waals surface area contributed by atoms with Crippen LogP contribution in [0.4, 0.5) is 4.39 Å². The largest absolute Gasteiger partial charge is 0.206 e. The Bertz CT molecular complexity index is 972. The van der Waals surface area contributed by atoms with Gasteiger partial charge in [-0.25, -0.2) is 4.39 Å². The van der Waals surface area contributed by atoms with Crippen LogP contribution in [0.2, 0.25) is 0 Å². The average Bonchev–Trinajstić information content (AvgIpc) is 2.81. The molecule has 0 aliphatic heterocycles. The molecular weight excluding hydrogens is 379 g/mol. The molecule has 0 radical (unpaired) electrons. The Labute approximate surface area is 187 Å². The third-order valence-electron chi connectivity index (χ3n) is 7.38. The Hall–Kier alpha value is -2.59. The Morgan fingerprint density at radius 3 is 2.42 bits per heavy atom. The predicted molar refractivity (Wildman–Crippen MR) is 128 cm³/mol. The second kappa shape index (κ2) is 10.1. The van der Waals surface area contributed by atoms with Crippen LogP contribution in [-0.4, -0.2) is 0 Å². The number of fused-ring (bicyclic) bond motifs is 1. The zero-order valence-corrected chi connectivity index (χ0v) is 18.5. The minimum absolute atomic E-state index is 0.242. The summed E-state index contributed by atoms with van der Waals surface area (Å²) >= 11 is 0. The molecule has 2 aromatic rings. The van der Waals surface area contributed by atoms with E-state index in [1.165, 1.54) is 44.1 Å². The number of aryl methyl sites for hydroxylation is 1. The zero-order chi connectivity index (χ0) is 21.6. The molecule has 2 aliphatic carbocycles. The van der Waals surface area contributed by atoms with E-state index in [1.54, 1.807) is 12.1 Å². The Morgan fingerprint density at radius 1 is 0.903 bits per heavy atom. The van der Waals surface area contributed by atoms with Crippen molar-refractivity contribution in [3.8, 4) is 11.8 Å². The number of hydrogen-bond donors (Lipinski definition) is 0. The van der Waals surface area contributed by atoms with E-state index in [4.69, 9.17) is 0 Å². The lowest BCUT2D eigenvalue weighted by Gasteiger charge is -2.41. The van der Waals surface area contributed by atoms with Crippen molar-refractivity contribution < 1.29 is 4.39 Å². The van der Waals surface area contributed by atoms with E-state index >= 15 is 0 Å². The third-order valence-corrected chi connectivity index (χ3v) is 7.38. The van der Waals surface area contributed by atoms with Crippen LogP contribution in [0.3, 0.4) is 0 Å². The molecule has 1 heteroatoms. The van der Waals surface area contributed by atoms with Gasteiger partial charge in [-0.2, -0.15) is 0 Å². The maximum atomic E-state index is 14.3. The molecule has 0 N–H and O–H groups in total. The molecule has 2 aromatic carbocycles. The van der Waals surface area contributed by atoms with Crippen molar-refractivity contribution in [3.05, 3.63) is 95.8 Å². The molecule has 0 nitrogen and oxygen atoms in total. The summed E-state index contributed by atoms with van der Waals surface area (Å²) < 4.78 is 14.3. The average molecular weight is 413 g/mol. The third kappa shape index (κ3) is 5.37. The van der Waals surface area contributed by atoms with Gasteiger partial charge in [-0.15, -0.1) is 13.2 Å². The molecule has 0 bridgehead atoms. The number of hydrogen-bond acceptors (Lipinski definition) is 0. The molecule has 0 aromatic heterocycles. The summed E-state index contributed by atoms with van der Waals surface area (Å²) in [5.74, 6) is 9.09. The summed E-state index contributed by atoms with van der Waals surface area (Å²) in [4.78, 5) is 0. The van der Waals surface area contributed by atoms with Gasteiger partial charge in [-0.05, 0) is 110 Å². The van der Waals surface area contributed by atoms with Crippen LogP contribution in [0.15, 0.2) is 67.8 Å². The van der Waals surface area contributed by atoms with Gasteiger partial charge >= 0.3 is 0 Å². The van der Waals surface area contributed by atoms with Crippen LogP contribution >= 0.6 is 0 Å². The number of halogens is 1. The molecule has 4 unspecified atom stereocenters. The van der Waals surface area contributed by atoms with E-state index in [0.717, 1.165) is 41.7 Å². The lowest BCUT2D eigenvalue weighted by Crippen LogP contribution is -2.29. The van der Waals surface area contributed by atoms with E-state index in [9.17, 15) is 4.39 Å². The quantitative estimate of drug-likeness (QED) is 0.347. The van der Waals surface area contributed by atoms with E-state index in [-0.39, 0.29) is 5.82 Å². The van der Waals surface area contributed by atoms with E-state index < -0.39 is 0 Å². The first kappa shape index (κ1) is 21.6. The summed E-state index contributed by atoms with van der Waals surface area (Å²) in [7, 11) is 0. The molecular formula is C30H33F. The van der Waals surface area contributed by atoms with Crippen LogP contribution in [0, 0.1) is 35.4 Å². The summed E-state index contributed by atoms with van der Waals surface area (Å²) in [6, 6.07) is 14.0. The molecule has 0 heterocycles. The van der Waals surface area contributed by atoms with E-state index in [2.05, 4.69) is 55.3 Å². The molecule has 2 fully saturated rings. The summed E-state index contributed by atoms with van der Waals surface area (Å²) in [6.07, 6.45) is 13.7. The van der Waals surface area contributed by atoms with Gasteiger partial charge in [0.1, 0.15) is 5.82 Å². The topological polar surface area (TPSA) is 0 Å². The van der Waals surface area contributed by atoms with Crippen molar-refractivity contribution in [1.29, 1.82) is 0 Å². The molecule has 2 saturated carbocycles. The van der Waals surface area contributed by atoms with Crippen LogP contribution in [0.25, 0.3) is 0 Å². The summed E-state index contributed by atoms with van der Waals surface area (Å²) in [6.45, 7) is 7.73. The molecule has 31 heavy (non-hydrogen) atoms. The zero-order valence-electron chi connectivity index (χ0n) is 18.5. The van der Waals surface area contributed by atoms with Crippen molar-refractivity contribution in [2.45, 2.75) is 57.3 Å². The lowest BCUT2D eigenvalue weighted by molar-refractivity contribution is 0.133. The lowest BCUT2D eigenvalue weighted by atomic mass is 9.64. The fourth-order valence-electron chi connectivity index (χ4n) is 5.50. The van der Waals surface area contributed by atoms with Crippen molar-refractivity contribution in [2.24, 2.45) is 17.8 Å². The molecule has 2 aliphatic rings. The minimum Gasteiger partial charge on any atom is -0.206 e. The number of benzene rings is 2. The van der Waals surface area contributed by atoms with Gasteiger partial charge in [-0.1, -0.05) is 42.2 Å². The Kier molecular flexibility index (Phi) is 7.08. The molecule has 4 rings (SSSR count). The normalized spacial score (nSPS) is 25.1. The van der Waals surface area contributed by atoms with Crippen LogP contribution in [-0.2, 0) is 6.42 Å². The summed E-state index contributed by atoms with van der Waals surface area (Å²) in [5, 5.41) is 0. The number of allylic oxidation sites excluding steroid dienone is 2. The predicted octanol–water partition coefficient (Wildman–Crippen LogP) is 7.83. The highest BCUT2D eigenvalue weighted by molar-refractivity contribution is 5.45. The Balaban J connectivity index is 1.38. The maximum absolute atomic E-state index is 14.3. The fourth-order valence-corrected chi connectivity index (χ4v) is 5.50. The monoisotopic (exact) mass is 412 g/mol. The van der Waals surface area contributed by atoms with Crippen LogP contribution in [0.5, 0.6) is 0 Å². The number of rotatable bonds is 5. The van der Waals surface area contributed by atoms with Crippen molar-refractivity contribution >= 4 is 0 Å². The van der Waals surface area contributed by atoms with Gasteiger partial charge in [0.15, 0.2) is 0 Å². The molecule has 160 valence electrons. The minimum atomic E-state index is -0.242.